The summed E-state index contributed by atoms with van der Waals surface area (Å²) in [6.07, 6.45) is 0.800. The predicted molar refractivity (Wildman–Crippen MR) is 66.2 cm³/mol. The van der Waals surface area contributed by atoms with E-state index in [0.29, 0.717) is 6.42 Å². The first-order chi connectivity index (χ1) is 7.28. The van der Waals surface area contributed by atoms with Crippen molar-refractivity contribution in [3.8, 4) is 0 Å². The summed E-state index contributed by atoms with van der Waals surface area (Å²) in [7, 11) is -3.47. The molecule has 0 aliphatic carbocycles. The maximum Gasteiger partial charge on any atom is 0.229 e. The fourth-order valence-corrected chi connectivity index (χ4v) is 1.94. The van der Waals surface area contributed by atoms with E-state index in [1.807, 2.05) is 0 Å². The molecule has 0 aromatic heterocycles. The molecule has 0 aromatic rings. The van der Waals surface area contributed by atoms with Gasteiger partial charge in [-0.05, 0) is 12.8 Å². The van der Waals surface area contributed by atoms with Gasteiger partial charge in [-0.3, -0.25) is 4.79 Å². The summed E-state index contributed by atoms with van der Waals surface area (Å²) >= 11 is 4.73. The first kappa shape index (κ1) is 15.3. The summed E-state index contributed by atoms with van der Waals surface area (Å²) in [5, 5.41) is 7.37. The molecule has 6 nitrogen and oxygen atoms in total. The maximum atomic E-state index is 11.5. The summed E-state index contributed by atoms with van der Waals surface area (Å²) < 4.78 is 21.2. The highest BCUT2D eigenvalue weighted by Crippen LogP contribution is 2.02. The number of amides is 1. The second kappa shape index (κ2) is 6.77. The number of carbonyl (C=O) groups excluding carboxylic acids is 1. The first-order valence-electron chi connectivity index (χ1n) is 4.85. The standard InChI is InChI=1S/C8H17N3O3S2/c1-2-6(7(9)15)8(12)11-4-3-5-16(10,13)14/h6H,2-5H2,1H3,(H2,9,15)(H,11,12)(H2,10,13,14). The van der Waals surface area contributed by atoms with E-state index in [4.69, 9.17) is 23.1 Å². The zero-order valence-electron chi connectivity index (χ0n) is 9.10. The van der Waals surface area contributed by atoms with E-state index >= 15 is 0 Å². The number of nitrogens with one attached hydrogen (secondary N) is 1. The minimum Gasteiger partial charge on any atom is -0.393 e. The Kier molecular flexibility index (Phi) is 6.46. The molecule has 1 amide bonds. The largest absolute Gasteiger partial charge is 0.393 e. The number of thiocarbonyl (C=S) groups is 1. The van der Waals surface area contributed by atoms with Crippen LogP contribution in [0.3, 0.4) is 0 Å². The van der Waals surface area contributed by atoms with Crippen molar-refractivity contribution in [1.82, 2.24) is 5.32 Å². The molecule has 1 unspecified atom stereocenters. The van der Waals surface area contributed by atoms with Gasteiger partial charge in [0.05, 0.1) is 16.7 Å². The third-order valence-electron chi connectivity index (χ3n) is 1.97. The second-order valence-corrected chi connectivity index (χ2v) is 5.58. The summed E-state index contributed by atoms with van der Waals surface area (Å²) in [6.45, 7) is 2.04. The smallest absolute Gasteiger partial charge is 0.229 e. The Balaban J connectivity index is 3.94. The van der Waals surface area contributed by atoms with Gasteiger partial charge < -0.3 is 11.1 Å². The van der Waals surface area contributed by atoms with Crippen LogP contribution in [-0.4, -0.2) is 31.6 Å². The van der Waals surface area contributed by atoms with Crippen molar-refractivity contribution in [3.63, 3.8) is 0 Å². The molecule has 8 heteroatoms. The second-order valence-electron chi connectivity index (χ2n) is 3.37. The SMILES string of the molecule is CCC(C(=O)NCCCS(N)(=O)=O)C(N)=S. The molecule has 0 aliphatic heterocycles. The Morgan fingerprint density at radius 2 is 2.06 bits per heavy atom. The van der Waals surface area contributed by atoms with Crippen LogP contribution in [-0.2, 0) is 14.8 Å². The number of primary sulfonamides is 1. The first-order valence-corrected chi connectivity index (χ1v) is 6.97. The lowest BCUT2D eigenvalue weighted by Crippen LogP contribution is -2.38. The lowest BCUT2D eigenvalue weighted by molar-refractivity contribution is -0.123. The van der Waals surface area contributed by atoms with Gasteiger partial charge in [0.25, 0.3) is 0 Å². The molecule has 0 heterocycles. The Morgan fingerprint density at radius 3 is 2.44 bits per heavy atom. The predicted octanol–water partition coefficient (Wildman–Crippen LogP) is -0.906. The van der Waals surface area contributed by atoms with Crippen LogP contribution in [0.2, 0.25) is 0 Å². The highest BCUT2D eigenvalue weighted by atomic mass is 32.2. The Labute approximate surface area is 101 Å². The average Bonchev–Trinajstić information content (AvgIpc) is 2.11. The Hall–Kier alpha value is -0.730. The van der Waals surface area contributed by atoms with E-state index in [0.717, 1.165) is 0 Å². The molecule has 0 spiro atoms. The molecule has 0 aromatic carbocycles. The van der Waals surface area contributed by atoms with Crippen LogP contribution < -0.4 is 16.2 Å². The topological polar surface area (TPSA) is 115 Å². The van der Waals surface area contributed by atoms with E-state index in [-0.39, 0.29) is 29.6 Å². The van der Waals surface area contributed by atoms with Gasteiger partial charge >= 0.3 is 0 Å². The maximum absolute atomic E-state index is 11.5. The van der Waals surface area contributed by atoms with Crippen molar-refractivity contribution in [3.05, 3.63) is 0 Å². The van der Waals surface area contributed by atoms with Crippen LogP contribution in [0.25, 0.3) is 0 Å². The van der Waals surface area contributed by atoms with E-state index in [1.165, 1.54) is 0 Å². The molecule has 0 fully saturated rings. The van der Waals surface area contributed by atoms with Crippen molar-refractivity contribution in [1.29, 1.82) is 0 Å². The minimum absolute atomic E-state index is 0.145. The minimum atomic E-state index is -3.47. The molecule has 0 saturated heterocycles. The lowest BCUT2D eigenvalue weighted by atomic mass is 10.1. The molecule has 5 N–H and O–H groups in total. The summed E-state index contributed by atoms with van der Waals surface area (Å²) in [5.41, 5.74) is 5.38. The van der Waals surface area contributed by atoms with Gasteiger partial charge in [-0.2, -0.15) is 0 Å². The molecule has 0 bridgehead atoms. The number of hydrogen-bond donors (Lipinski definition) is 3. The van der Waals surface area contributed by atoms with Crippen LogP contribution in [0.4, 0.5) is 0 Å². The van der Waals surface area contributed by atoms with E-state index in [1.54, 1.807) is 6.92 Å². The van der Waals surface area contributed by atoms with Crippen LogP contribution in [0.1, 0.15) is 19.8 Å². The third kappa shape index (κ3) is 6.70. The number of rotatable bonds is 7. The number of sulfonamides is 1. The van der Waals surface area contributed by atoms with Crippen LogP contribution >= 0.6 is 12.2 Å². The van der Waals surface area contributed by atoms with E-state index in [2.05, 4.69) is 5.32 Å². The van der Waals surface area contributed by atoms with Gasteiger partial charge in [-0.1, -0.05) is 19.1 Å². The summed E-state index contributed by atoms with van der Waals surface area (Å²) in [4.78, 5) is 11.6. The number of nitrogens with two attached hydrogens (primary N) is 2. The zero-order valence-corrected chi connectivity index (χ0v) is 10.7. The van der Waals surface area contributed by atoms with Gasteiger partial charge in [-0.15, -0.1) is 0 Å². The molecule has 0 rings (SSSR count). The third-order valence-corrected chi connectivity index (χ3v) is 3.12. The van der Waals surface area contributed by atoms with Crippen molar-refractivity contribution in [2.24, 2.45) is 16.8 Å². The van der Waals surface area contributed by atoms with Gasteiger partial charge in [0.15, 0.2) is 0 Å². The fraction of sp³-hybridized carbons (Fsp3) is 0.750. The highest BCUT2D eigenvalue weighted by Gasteiger charge is 2.18. The molecule has 1 atom stereocenters. The molecule has 0 saturated carbocycles. The zero-order chi connectivity index (χ0) is 12.8. The Bertz CT molecular complexity index is 354. The van der Waals surface area contributed by atoms with Crippen molar-refractivity contribution >= 4 is 33.1 Å². The summed E-state index contributed by atoms with van der Waals surface area (Å²) in [6, 6.07) is 0. The lowest BCUT2D eigenvalue weighted by Gasteiger charge is -2.12. The van der Waals surface area contributed by atoms with Gasteiger partial charge in [0.2, 0.25) is 15.9 Å². The average molecular weight is 267 g/mol. The van der Waals surface area contributed by atoms with Crippen LogP contribution in [0, 0.1) is 5.92 Å². The van der Waals surface area contributed by atoms with E-state index in [9.17, 15) is 13.2 Å². The summed E-state index contributed by atoms with van der Waals surface area (Å²) in [5.74, 6) is -0.925. The molecular weight excluding hydrogens is 250 g/mol. The molecule has 16 heavy (non-hydrogen) atoms. The number of hydrogen-bond acceptors (Lipinski definition) is 4. The van der Waals surface area contributed by atoms with Gasteiger partial charge in [-0.25, -0.2) is 13.6 Å². The van der Waals surface area contributed by atoms with Crippen molar-refractivity contribution in [2.45, 2.75) is 19.8 Å². The number of carbonyl (C=O) groups is 1. The normalized spacial score (nSPS) is 13.1. The van der Waals surface area contributed by atoms with E-state index < -0.39 is 15.9 Å². The fourth-order valence-electron chi connectivity index (χ4n) is 1.12. The van der Waals surface area contributed by atoms with Crippen LogP contribution in [0.5, 0.6) is 0 Å². The molecule has 0 radical (unpaired) electrons. The molecule has 0 aliphatic rings. The van der Waals surface area contributed by atoms with Crippen molar-refractivity contribution in [2.75, 3.05) is 12.3 Å². The Morgan fingerprint density at radius 1 is 1.50 bits per heavy atom. The molecule has 94 valence electrons. The highest BCUT2D eigenvalue weighted by molar-refractivity contribution is 7.89. The van der Waals surface area contributed by atoms with Crippen molar-refractivity contribution < 1.29 is 13.2 Å². The molecular formula is C8H17N3O3S2. The monoisotopic (exact) mass is 267 g/mol. The van der Waals surface area contributed by atoms with Gasteiger partial charge in [0.1, 0.15) is 0 Å². The van der Waals surface area contributed by atoms with Gasteiger partial charge in [0, 0.05) is 6.54 Å². The van der Waals surface area contributed by atoms with Crippen LogP contribution in [0.15, 0.2) is 0 Å². The quantitative estimate of drug-likeness (QED) is 0.408.